The van der Waals surface area contributed by atoms with Crippen LogP contribution in [0.15, 0.2) is 24.3 Å². The third kappa shape index (κ3) is 2.27. The number of nitrogens with one attached hydrogen (secondary N) is 1. The van der Waals surface area contributed by atoms with Crippen molar-refractivity contribution in [2.24, 2.45) is 0 Å². The molecule has 1 aliphatic carbocycles. The van der Waals surface area contributed by atoms with Gasteiger partial charge in [-0.2, -0.15) is 0 Å². The number of hydrogen-bond donors (Lipinski definition) is 1. The Balaban J connectivity index is 1.78. The first-order valence-electron chi connectivity index (χ1n) is 6.89. The molecule has 3 rings (SSSR count). The highest BCUT2D eigenvalue weighted by molar-refractivity contribution is 5.96. The SMILES string of the molecule is CC1CCc2ccccc2N1C(=O)CNC1CC1. The van der Waals surface area contributed by atoms with E-state index in [1.54, 1.807) is 0 Å². The predicted molar refractivity (Wildman–Crippen MR) is 72.7 cm³/mol. The van der Waals surface area contributed by atoms with Gasteiger partial charge in [-0.15, -0.1) is 0 Å². The summed E-state index contributed by atoms with van der Waals surface area (Å²) in [7, 11) is 0. The van der Waals surface area contributed by atoms with Crippen LogP contribution >= 0.6 is 0 Å². The van der Waals surface area contributed by atoms with Crippen molar-refractivity contribution < 1.29 is 4.79 Å². The minimum Gasteiger partial charge on any atom is -0.308 e. The molecular formula is C15H20N2O. The second-order valence-electron chi connectivity index (χ2n) is 5.44. The fourth-order valence-electron chi connectivity index (χ4n) is 2.67. The van der Waals surface area contributed by atoms with Crippen molar-refractivity contribution in [3.05, 3.63) is 29.8 Å². The highest BCUT2D eigenvalue weighted by Crippen LogP contribution is 2.30. The van der Waals surface area contributed by atoms with Gasteiger partial charge in [-0.1, -0.05) is 18.2 Å². The number of carbonyl (C=O) groups is 1. The summed E-state index contributed by atoms with van der Waals surface area (Å²) in [5.41, 5.74) is 2.41. The van der Waals surface area contributed by atoms with Gasteiger partial charge in [-0.25, -0.2) is 0 Å². The summed E-state index contributed by atoms with van der Waals surface area (Å²) < 4.78 is 0. The van der Waals surface area contributed by atoms with E-state index in [1.165, 1.54) is 18.4 Å². The van der Waals surface area contributed by atoms with Gasteiger partial charge in [0.05, 0.1) is 6.54 Å². The van der Waals surface area contributed by atoms with Gasteiger partial charge in [-0.05, 0) is 44.2 Å². The Bertz CT molecular complexity index is 454. The van der Waals surface area contributed by atoms with E-state index in [-0.39, 0.29) is 5.91 Å². The van der Waals surface area contributed by atoms with Crippen molar-refractivity contribution in [2.75, 3.05) is 11.4 Å². The number of rotatable bonds is 3. The van der Waals surface area contributed by atoms with E-state index in [9.17, 15) is 4.79 Å². The zero-order valence-electron chi connectivity index (χ0n) is 10.9. The van der Waals surface area contributed by atoms with Crippen molar-refractivity contribution >= 4 is 11.6 Å². The summed E-state index contributed by atoms with van der Waals surface area (Å²) in [6.45, 7) is 2.62. The van der Waals surface area contributed by atoms with Crippen LogP contribution in [-0.4, -0.2) is 24.5 Å². The van der Waals surface area contributed by atoms with E-state index in [4.69, 9.17) is 0 Å². The van der Waals surface area contributed by atoms with Gasteiger partial charge in [0.2, 0.25) is 5.91 Å². The van der Waals surface area contributed by atoms with Crippen molar-refractivity contribution in [1.82, 2.24) is 5.32 Å². The molecule has 1 amide bonds. The van der Waals surface area contributed by atoms with Gasteiger partial charge in [0.25, 0.3) is 0 Å². The zero-order chi connectivity index (χ0) is 12.5. The van der Waals surface area contributed by atoms with Crippen LogP contribution < -0.4 is 10.2 Å². The maximum Gasteiger partial charge on any atom is 0.241 e. The number of carbonyl (C=O) groups excluding carboxylic acids is 1. The lowest BCUT2D eigenvalue weighted by molar-refractivity contribution is -0.118. The summed E-state index contributed by atoms with van der Waals surface area (Å²) >= 11 is 0. The van der Waals surface area contributed by atoms with Crippen LogP contribution in [-0.2, 0) is 11.2 Å². The molecule has 1 atom stereocenters. The number of hydrogen-bond acceptors (Lipinski definition) is 2. The second-order valence-corrected chi connectivity index (χ2v) is 5.44. The molecule has 0 bridgehead atoms. The van der Waals surface area contributed by atoms with Gasteiger partial charge < -0.3 is 10.2 Å². The van der Waals surface area contributed by atoms with E-state index in [2.05, 4.69) is 30.4 Å². The number of para-hydroxylation sites is 1. The summed E-state index contributed by atoms with van der Waals surface area (Å²) in [4.78, 5) is 14.3. The van der Waals surface area contributed by atoms with E-state index >= 15 is 0 Å². The van der Waals surface area contributed by atoms with Crippen LogP contribution in [0.2, 0.25) is 0 Å². The minimum absolute atomic E-state index is 0.210. The molecule has 1 heterocycles. The number of fused-ring (bicyclic) bond motifs is 1. The van der Waals surface area contributed by atoms with Gasteiger partial charge >= 0.3 is 0 Å². The molecule has 1 aromatic rings. The Hall–Kier alpha value is -1.35. The first-order chi connectivity index (χ1) is 8.75. The Labute approximate surface area is 108 Å². The maximum absolute atomic E-state index is 12.4. The van der Waals surface area contributed by atoms with Gasteiger partial charge in [0.1, 0.15) is 0 Å². The molecule has 1 aliphatic heterocycles. The van der Waals surface area contributed by atoms with Gasteiger partial charge in [0.15, 0.2) is 0 Å². The molecule has 0 spiro atoms. The van der Waals surface area contributed by atoms with Crippen molar-refractivity contribution in [3.63, 3.8) is 0 Å². The smallest absolute Gasteiger partial charge is 0.241 e. The van der Waals surface area contributed by atoms with E-state index in [1.807, 2.05) is 11.0 Å². The molecular weight excluding hydrogens is 224 g/mol. The first kappa shape index (κ1) is 11.7. The molecule has 1 saturated carbocycles. The van der Waals surface area contributed by atoms with Crippen molar-refractivity contribution in [3.8, 4) is 0 Å². The molecule has 96 valence electrons. The second kappa shape index (κ2) is 4.73. The van der Waals surface area contributed by atoms with Crippen LogP contribution in [0.4, 0.5) is 5.69 Å². The van der Waals surface area contributed by atoms with Crippen LogP contribution in [0.5, 0.6) is 0 Å². The molecule has 1 fully saturated rings. The molecule has 2 aliphatic rings. The minimum atomic E-state index is 0.210. The molecule has 3 nitrogen and oxygen atoms in total. The monoisotopic (exact) mass is 244 g/mol. The molecule has 1 N–H and O–H groups in total. The van der Waals surface area contributed by atoms with Crippen LogP contribution in [0, 0.1) is 0 Å². The molecule has 0 saturated heterocycles. The molecule has 0 radical (unpaired) electrons. The first-order valence-corrected chi connectivity index (χ1v) is 6.89. The Morgan fingerprint density at radius 2 is 2.11 bits per heavy atom. The maximum atomic E-state index is 12.4. The number of benzene rings is 1. The zero-order valence-corrected chi connectivity index (χ0v) is 10.9. The third-order valence-electron chi connectivity index (χ3n) is 3.91. The highest BCUT2D eigenvalue weighted by atomic mass is 16.2. The van der Waals surface area contributed by atoms with E-state index in [0.29, 0.717) is 18.6 Å². The van der Waals surface area contributed by atoms with Crippen LogP contribution in [0.25, 0.3) is 0 Å². The fraction of sp³-hybridized carbons (Fsp3) is 0.533. The summed E-state index contributed by atoms with van der Waals surface area (Å²) in [6.07, 6.45) is 4.59. The largest absolute Gasteiger partial charge is 0.308 e. The number of nitrogens with zero attached hydrogens (tertiary/aromatic N) is 1. The summed E-state index contributed by atoms with van der Waals surface area (Å²) in [6, 6.07) is 9.18. The highest BCUT2D eigenvalue weighted by Gasteiger charge is 2.29. The molecule has 1 unspecified atom stereocenters. The van der Waals surface area contributed by atoms with E-state index < -0.39 is 0 Å². The summed E-state index contributed by atoms with van der Waals surface area (Å²) in [5.74, 6) is 0.210. The lowest BCUT2D eigenvalue weighted by Gasteiger charge is -2.35. The average Bonchev–Trinajstić information content (AvgIpc) is 3.20. The fourth-order valence-corrected chi connectivity index (χ4v) is 2.67. The number of aryl methyl sites for hydroxylation is 1. The topological polar surface area (TPSA) is 32.3 Å². The average molecular weight is 244 g/mol. The summed E-state index contributed by atoms with van der Waals surface area (Å²) in [5, 5.41) is 3.31. The molecule has 18 heavy (non-hydrogen) atoms. The Morgan fingerprint density at radius 1 is 1.33 bits per heavy atom. The predicted octanol–water partition coefficient (Wildman–Crippen LogP) is 2.11. The van der Waals surface area contributed by atoms with Gasteiger partial charge in [-0.3, -0.25) is 4.79 Å². The molecule has 0 aromatic heterocycles. The quantitative estimate of drug-likeness (QED) is 0.883. The Kier molecular flexibility index (Phi) is 3.08. The molecule has 3 heteroatoms. The normalized spacial score (nSPS) is 22.7. The lowest BCUT2D eigenvalue weighted by atomic mass is 9.96. The Morgan fingerprint density at radius 3 is 2.89 bits per heavy atom. The van der Waals surface area contributed by atoms with Gasteiger partial charge in [0, 0.05) is 17.8 Å². The number of amides is 1. The van der Waals surface area contributed by atoms with Crippen LogP contribution in [0.3, 0.4) is 0 Å². The molecule has 1 aromatic carbocycles. The number of anilines is 1. The van der Waals surface area contributed by atoms with Crippen molar-refractivity contribution in [1.29, 1.82) is 0 Å². The van der Waals surface area contributed by atoms with E-state index in [0.717, 1.165) is 18.5 Å². The third-order valence-corrected chi connectivity index (χ3v) is 3.91. The van der Waals surface area contributed by atoms with Crippen LogP contribution in [0.1, 0.15) is 31.7 Å². The van der Waals surface area contributed by atoms with Crippen molar-refractivity contribution in [2.45, 2.75) is 44.7 Å². The standard InChI is InChI=1S/C15H20N2O/c1-11-6-7-12-4-2-3-5-14(12)17(11)15(18)10-16-13-8-9-13/h2-5,11,13,16H,6-10H2,1H3. The lowest BCUT2D eigenvalue weighted by Crippen LogP contribution is -2.46.